The zero-order valence-electron chi connectivity index (χ0n) is 15.7. The van der Waals surface area contributed by atoms with Crippen molar-refractivity contribution in [1.82, 2.24) is 15.0 Å². The number of halogens is 3. The van der Waals surface area contributed by atoms with E-state index in [-0.39, 0.29) is 11.0 Å². The molecule has 3 heterocycles. The number of hydrogen-bond donors (Lipinski definition) is 1. The van der Waals surface area contributed by atoms with E-state index in [1.54, 1.807) is 12.1 Å². The van der Waals surface area contributed by atoms with Gasteiger partial charge >= 0.3 is 6.18 Å². The first kappa shape index (κ1) is 20.4. The Hall–Kier alpha value is -2.92. The van der Waals surface area contributed by atoms with Gasteiger partial charge < -0.3 is 14.2 Å². The molecule has 0 atom stereocenters. The predicted octanol–water partition coefficient (Wildman–Crippen LogP) is 3.10. The van der Waals surface area contributed by atoms with Crippen molar-refractivity contribution in [3.8, 4) is 0 Å². The minimum Gasteiger partial charge on any atom is -0.378 e. The number of carbonyl (C=O) groups excluding carboxylic acids is 1. The molecule has 158 valence electrons. The van der Waals surface area contributed by atoms with Gasteiger partial charge in [-0.05, 0) is 24.3 Å². The Balaban J connectivity index is 1.42. The fraction of sp³-hybridized carbons (Fsp3) is 0.316. The number of carbonyl (C=O) groups is 1. The summed E-state index contributed by atoms with van der Waals surface area (Å²) in [7, 11) is 0. The second-order valence-corrected chi connectivity index (χ2v) is 7.67. The number of nitrogens with one attached hydrogen (secondary N) is 1. The molecule has 1 amide bonds. The summed E-state index contributed by atoms with van der Waals surface area (Å²) in [5.41, 5.74) is 2.70. The molecule has 0 aliphatic carbocycles. The van der Waals surface area contributed by atoms with Gasteiger partial charge in [0.05, 0.1) is 35.5 Å². The summed E-state index contributed by atoms with van der Waals surface area (Å²) < 4.78 is 46.1. The van der Waals surface area contributed by atoms with Crippen molar-refractivity contribution in [2.45, 2.75) is 12.7 Å². The SMILES string of the molecule is O=C(Cn1c(C(F)(F)F)nc2ccccc21)N/N=C\c1ccc(N2CCOCC2)s1. The van der Waals surface area contributed by atoms with E-state index in [0.29, 0.717) is 13.2 Å². The van der Waals surface area contributed by atoms with E-state index in [2.05, 4.69) is 20.4 Å². The Bertz CT molecular complexity index is 1070. The maximum absolute atomic E-state index is 13.3. The Labute approximate surface area is 173 Å². The quantitative estimate of drug-likeness (QED) is 0.492. The van der Waals surface area contributed by atoms with Crippen LogP contribution in [0.15, 0.2) is 41.5 Å². The van der Waals surface area contributed by atoms with Gasteiger partial charge in [-0.15, -0.1) is 11.3 Å². The van der Waals surface area contributed by atoms with Gasteiger partial charge in [0.2, 0.25) is 5.82 Å². The van der Waals surface area contributed by atoms with E-state index < -0.39 is 24.5 Å². The fourth-order valence-corrected chi connectivity index (χ4v) is 4.09. The zero-order chi connectivity index (χ0) is 21.1. The fourth-order valence-electron chi connectivity index (χ4n) is 3.16. The second kappa shape index (κ2) is 8.44. The number of aromatic nitrogens is 2. The first-order valence-corrected chi connectivity index (χ1v) is 10.0. The van der Waals surface area contributed by atoms with Crippen LogP contribution in [0.25, 0.3) is 11.0 Å². The van der Waals surface area contributed by atoms with E-state index in [1.165, 1.54) is 29.7 Å². The topological polar surface area (TPSA) is 71.8 Å². The summed E-state index contributed by atoms with van der Waals surface area (Å²) in [6.45, 7) is 2.44. The Kier molecular flexibility index (Phi) is 5.73. The molecule has 0 spiro atoms. The summed E-state index contributed by atoms with van der Waals surface area (Å²) in [6.07, 6.45) is -3.20. The number of morpholine rings is 1. The normalized spacial score (nSPS) is 15.2. The first-order valence-electron chi connectivity index (χ1n) is 9.19. The number of fused-ring (bicyclic) bond motifs is 1. The monoisotopic (exact) mass is 437 g/mol. The molecule has 1 N–H and O–H groups in total. The lowest BCUT2D eigenvalue weighted by molar-refractivity contribution is -0.147. The van der Waals surface area contributed by atoms with Gasteiger partial charge in [-0.1, -0.05) is 12.1 Å². The van der Waals surface area contributed by atoms with Crippen molar-refractivity contribution >= 4 is 39.5 Å². The number of amides is 1. The van der Waals surface area contributed by atoms with E-state index in [1.807, 2.05) is 12.1 Å². The van der Waals surface area contributed by atoms with Crippen molar-refractivity contribution in [2.24, 2.45) is 5.10 Å². The van der Waals surface area contributed by atoms with Crippen LogP contribution in [0.5, 0.6) is 0 Å². The number of rotatable bonds is 5. The number of hydrazone groups is 1. The summed E-state index contributed by atoms with van der Waals surface area (Å²) in [6, 6.07) is 9.99. The van der Waals surface area contributed by atoms with Gasteiger partial charge in [0.25, 0.3) is 5.91 Å². The highest BCUT2D eigenvalue weighted by Gasteiger charge is 2.37. The summed E-state index contributed by atoms with van der Waals surface area (Å²) in [5.74, 6) is -1.79. The molecule has 7 nitrogen and oxygen atoms in total. The maximum Gasteiger partial charge on any atom is 0.449 e. The summed E-state index contributed by atoms with van der Waals surface area (Å²) in [5, 5.41) is 4.95. The Morgan fingerprint density at radius 1 is 1.23 bits per heavy atom. The van der Waals surface area contributed by atoms with Crippen molar-refractivity contribution in [3.05, 3.63) is 47.1 Å². The molecule has 30 heavy (non-hydrogen) atoms. The highest BCUT2D eigenvalue weighted by atomic mass is 32.1. The third-order valence-electron chi connectivity index (χ3n) is 4.53. The van der Waals surface area contributed by atoms with Crippen molar-refractivity contribution in [3.63, 3.8) is 0 Å². The summed E-state index contributed by atoms with van der Waals surface area (Å²) >= 11 is 1.51. The molecule has 0 saturated carbocycles. The number of para-hydroxylation sites is 2. The molecule has 4 rings (SSSR count). The Morgan fingerprint density at radius 3 is 2.77 bits per heavy atom. The van der Waals surface area contributed by atoms with Crippen LogP contribution in [0.3, 0.4) is 0 Å². The van der Waals surface area contributed by atoms with Crippen LogP contribution in [-0.4, -0.2) is 48.0 Å². The average Bonchev–Trinajstić information content (AvgIpc) is 3.34. The van der Waals surface area contributed by atoms with Crippen molar-refractivity contribution in [2.75, 3.05) is 31.2 Å². The number of anilines is 1. The number of alkyl halides is 3. The Morgan fingerprint density at radius 2 is 2.00 bits per heavy atom. The highest BCUT2D eigenvalue weighted by Crippen LogP contribution is 2.31. The highest BCUT2D eigenvalue weighted by molar-refractivity contribution is 7.17. The van der Waals surface area contributed by atoms with Crippen molar-refractivity contribution in [1.29, 1.82) is 0 Å². The number of imidazole rings is 1. The van der Waals surface area contributed by atoms with Crippen LogP contribution in [0, 0.1) is 0 Å². The molecule has 11 heteroatoms. The van der Waals surface area contributed by atoms with E-state index in [0.717, 1.165) is 27.5 Å². The number of ether oxygens (including phenoxy) is 1. The largest absolute Gasteiger partial charge is 0.449 e. The molecular formula is C19H18F3N5O2S. The average molecular weight is 437 g/mol. The van der Waals surface area contributed by atoms with E-state index >= 15 is 0 Å². The standard InChI is InChI=1S/C19H18F3N5O2S/c20-19(21,22)18-24-14-3-1-2-4-15(14)27(18)12-16(28)25-23-11-13-5-6-17(30-13)26-7-9-29-10-8-26/h1-6,11H,7-10,12H2,(H,25,28)/b23-11-. The smallest absolute Gasteiger partial charge is 0.378 e. The molecular weight excluding hydrogens is 419 g/mol. The summed E-state index contributed by atoms with van der Waals surface area (Å²) in [4.78, 5) is 18.9. The van der Waals surface area contributed by atoms with Gasteiger partial charge in [-0.2, -0.15) is 18.3 Å². The van der Waals surface area contributed by atoms with Gasteiger partial charge in [-0.3, -0.25) is 4.79 Å². The molecule has 0 radical (unpaired) electrons. The minimum atomic E-state index is -4.67. The second-order valence-electron chi connectivity index (χ2n) is 6.58. The van der Waals surface area contributed by atoms with Crippen LogP contribution in [-0.2, 0) is 22.3 Å². The third kappa shape index (κ3) is 4.46. The predicted molar refractivity (Wildman–Crippen MR) is 108 cm³/mol. The number of thiophene rings is 1. The van der Waals surface area contributed by atoms with Crippen LogP contribution >= 0.6 is 11.3 Å². The molecule has 1 aliphatic heterocycles. The van der Waals surface area contributed by atoms with Gasteiger partial charge in [0.15, 0.2) is 0 Å². The molecule has 0 bridgehead atoms. The van der Waals surface area contributed by atoms with E-state index in [4.69, 9.17) is 4.74 Å². The van der Waals surface area contributed by atoms with Crippen LogP contribution in [0.1, 0.15) is 10.7 Å². The van der Waals surface area contributed by atoms with E-state index in [9.17, 15) is 18.0 Å². The maximum atomic E-state index is 13.3. The minimum absolute atomic E-state index is 0.176. The molecule has 1 aliphatic rings. The van der Waals surface area contributed by atoms with Crippen LogP contribution < -0.4 is 10.3 Å². The van der Waals surface area contributed by atoms with Crippen molar-refractivity contribution < 1.29 is 22.7 Å². The number of benzene rings is 1. The lowest BCUT2D eigenvalue weighted by atomic mass is 10.3. The van der Waals surface area contributed by atoms with Crippen LogP contribution in [0.4, 0.5) is 18.2 Å². The molecule has 1 saturated heterocycles. The molecule has 0 unspecified atom stereocenters. The molecule has 2 aromatic heterocycles. The van der Waals surface area contributed by atoms with Gasteiger partial charge in [0.1, 0.15) is 6.54 Å². The van der Waals surface area contributed by atoms with Gasteiger partial charge in [-0.25, -0.2) is 10.4 Å². The number of nitrogens with zero attached hydrogens (tertiary/aromatic N) is 4. The zero-order valence-corrected chi connectivity index (χ0v) is 16.5. The van der Waals surface area contributed by atoms with Gasteiger partial charge in [0, 0.05) is 18.0 Å². The molecule has 3 aromatic rings. The number of hydrogen-bond acceptors (Lipinski definition) is 6. The molecule has 1 aromatic carbocycles. The molecule has 1 fully saturated rings. The van der Waals surface area contributed by atoms with Crippen LogP contribution in [0.2, 0.25) is 0 Å². The lowest BCUT2D eigenvalue weighted by Gasteiger charge is -2.27. The first-order chi connectivity index (χ1) is 14.4. The third-order valence-corrected chi connectivity index (χ3v) is 5.61. The lowest BCUT2D eigenvalue weighted by Crippen LogP contribution is -2.35.